The molecular formula is C32H40N4O4. The molecule has 0 saturated carbocycles. The van der Waals surface area contributed by atoms with Gasteiger partial charge in [-0.25, -0.2) is 9.78 Å². The molecular weight excluding hydrogens is 504 g/mol. The van der Waals surface area contributed by atoms with E-state index in [2.05, 4.69) is 26.8 Å². The average Bonchev–Trinajstić information content (AvgIpc) is 3.31. The summed E-state index contributed by atoms with van der Waals surface area (Å²) in [6, 6.07) is 15.5. The zero-order valence-electron chi connectivity index (χ0n) is 23.7. The molecule has 0 spiro atoms. The quantitative estimate of drug-likeness (QED) is 0.124. The zero-order chi connectivity index (χ0) is 28.8. The molecule has 40 heavy (non-hydrogen) atoms. The Hall–Kier alpha value is -4.43. The molecule has 0 unspecified atom stereocenters. The number of benzene rings is 2. The van der Waals surface area contributed by atoms with Gasteiger partial charge in [0.25, 0.3) is 0 Å². The fourth-order valence-corrected chi connectivity index (χ4v) is 4.39. The number of esters is 1. The van der Waals surface area contributed by atoms with Crippen molar-refractivity contribution in [2.75, 3.05) is 32.6 Å². The van der Waals surface area contributed by atoms with Crippen LogP contribution in [0, 0.1) is 6.92 Å². The molecule has 0 saturated heterocycles. The minimum atomic E-state index is -0.436. The van der Waals surface area contributed by atoms with Crippen LogP contribution in [-0.2, 0) is 9.53 Å². The summed E-state index contributed by atoms with van der Waals surface area (Å²) in [5, 5.41) is 3.65. The first-order chi connectivity index (χ1) is 19.2. The first-order valence-electron chi connectivity index (χ1n) is 13.3. The number of amides is 1. The van der Waals surface area contributed by atoms with E-state index in [1.54, 1.807) is 6.07 Å². The fraction of sp³-hybridized carbons (Fsp3) is 0.281. The number of carbonyl (C=O) groups is 2. The van der Waals surface area contributed by atoms with Crippen molar-refractivity contribution >= 4 is 28.6 Å². The number of anilines is 1. The number of fused-ring (bicyclic) bond motifs is 1. The topological polar surface area (TPSA) is 96.5 Å². The van der Waals surface area contributed by atoms with Crippen molar-refractivity contribution in [3.05, 3.63) is 78.5 Å². The van der Waals surface area contributed by atoms with E-state index in [-0.39, 0.29) is 14.9 Å². The fourth-order valence-electron chi connectivity index (χ4n) is 4.39. The Morgan fingerprint density at radius 3 is 2.67 bits per heavy atom. The maximum atomic E-state index is 12.7. The molecule has 0 bridgehead atoms. The minimum absolute atomic E-state index is 0. The molecule has 0 fully saturated rings. The Morgan fingerprint density at radius 1 is 1.15 bits per heavy atom. The highest BCUT2D eigenvalue weighted by Crippen LogP contribution is 2.40. The summed E-state index contributed by atoms with van der Waals surface area (Å²) in [6.07, 6.45) is 3.42. The highest BCUT2D eigenvalue weighted by molar-refractivity contribution is 6.06. The van der Waals surface area contributed by atoms with Gasteiger partial charge in [-0.1, -0.05) is 30.8 Å². The lowest BCUT2D eigenvalue weighted by atomic mass is 9.96. The van der Waals surface area contributed by atoms with Gasteiger partial charge in [0.1, 0.15) is 11.4 Å². The highest BCUT2D eigenvalue weighted by Gasteiger charge is 2.20. The molecule has 8 nitrogen and oxygen atoms in total. The third-order valence-corrected chi connectivity index (χ3v) is 6.34. The second-order valence-corrected chi connectivity index (χ2v) is 10.2. The summed E-state index contributed by atoms with van der Waals surface area (Å²) < 4.78 is 11.5. The number of hydrogen-bond donors (Lipinski definition) is 2. The largest absolute Gasteiger partial charge is 0.494 e. The first kappa shape index (κ1) is 28.6. The SMILES string of the molecule is C=CC(=O)Nc1cc(-c2c(-c3cccc(OCCCN(C)C)c3)[nH]c3ncc(C(=O)OC(C)C)cc23)ccc1C.[HH].[HH]. The molecule has 4 rings (SSSR count). The molecule has 0 atom stereocenters. The lowest BCUT2D eigenvalue weighted by molar-refractivity contribution is -0.111. The van der Waals surface area contributed by atoms with Crippen LogP contribution in [0.25, 0.3) is 33.4 Å². The number of nitrogens with zero attached hydrogens (tertiary/aromatic N) is 2. The van der Waals surface area contributed by atoms with E-state index in [1.807, 2.05) is 77.3 Å². The lowest BCUT2D eigenvalue weighted by Crippen LogP contribution is -2.15. The smallest absolute Gasteiger partial charge is 0.339 e. The zero-order valence-corrected chi connectivity index (χ0v) is 23.7. The molecule has 0 aliphatic carbocycles. The standard InChI is InChI=1S/C32H36N4O4.2H2/c1-7-28(37)34-27-18-22(13-12-21(27)4)29-26-17-24(32(38)40-20(2)3)19-33-31(26)35-30(29)23-10-8-11-25(16-23)39-15-9-14-36(5)6;;/h7-8,10-13,16-20H,1,9,14-15H2,2-6H3,(H,33,35)(H,34,37);2*1H. The van der Waals surface area contributed by atoms with E-state index < -0.39 is 5.97 Å². The van der Waals surface area contributed by atoms with Crippen LogP contribution in [0.2, 0.25) is 0 Å². The van der Waals surface area contributed by atoms with Gasteiger partial charge < -0.3 is 24.7 Å². The molecule has 2 aromatic carbocycles. The predicted octanol–water partition coefficient (Wildman–Crippen LogP) is 6.72. The molecule has 212 valence electrons. The number of rotatable bonds is 11. The summed E-state index contributed by atoms with van der Waals surface area (Å²) in [5.74, 6) is 0.0332. The Labute approximate surface area is 238 Å². The molecule has 0 radical (unpaired) electrons. The van der Waals surface area contributed by atoms with Crippen molar-refractivity contribution in [3.63, 3.8) is 0 Å². The van der Waals surface area contributed by atoms with Gasteiger partial charge in [0.15, 0.2) is 0 Å². The van der Waals surface area contributed by atoms with E-state index in [0.717, 1.165) is 52.0 Å². The van der Waals surface area contributed by atoms with Crippen molar-refractivity contribution < 1.29 is 21.9 Å². The van der Waals surface area contributed by atoms with Crippen molar-refractivity contribution in [2.45, 2.75) is 33.3 Å². The summed E-state index contributed by atoms with van der Waals surface area (Å²) >= 11 is 0. The van der Waals surface area contributed by atoms with Crippen LogP contribution in [0.5, 0.6) is 5.75 Å². The van der Waals surface area contributed by atoms with Gasteiger partial charge in [0, 0.05) is 37.8 Å². The van der Waals surface area contributed by atoms with Gasteiger partial charge in [-0.2, -0.15) is 0 Å². The maximum absolute atomic E-state index is 12.7. The average molecular weight is 545 g/mol. The van der Waals surface area contributed by atoms with Crippen LogP contribution < -0.4 is 10.1 Å². The van der Waals surface area contributed by atoms with Crippen molar-refractivity contribution in [2.24, 2.45) is 0 Å². The van der Waals surface area contributed by atoms with E-state index in [0.29, 0.717) is 23.5 Å². The third-order valence-electron chi connectivity index (χ3n) is 6.34. The lowest BCUT2D eigenvalue weighted by Gasteiger charge is -2.13. The second-order valence-electron chi connectivity index (χ2n) is 10.2. The molecule has 2 aromatic heterocycles. The van der Waals surface area contributed by atoms with Gasteiger partial charge >= 0.3 is 5.97 Å². The van der Waals surface area contributed by atoms with Crippen LogP contribution >= 0.6 is 0 Å². The van der Waals surface area contributed by atoms with E-state index >= 15 is 0 Å². The number of nitrogens with one attached hydrogen (secondary N) is 2. The Bertz CT molecular complexity index is 1550. The molecule has 1 amide bonds. The molecule has 2 heterocycles. The van der Waals surface area contributed by atoms with Crippen LogP contribution in [0.4, 0.5) is 5.69 Å². The number of pyridine rings is 1. The van der Waals surface area contributed by atoms with Crippen molar-refractivity contribution in [1.82, 2.24) is 14.9 Å². The van der Waals surface area contributed by atoms with Gasteiger partial charge in [-0.3, -0.25) is 4.79 Å². The van der Waals surface area contributed by atoms with E-state index in [4.69, 9.17) is 9.47 Å². The minimum Gasteiger partial charge on any atom is -0.494 e. The molecule has 2 N–H and O–H groups in total. The highest BCUT2D eigenvalue weighted by atomic mass is 16.5. The van der Waals surface area contributed by atoms with Crippen molar-refractivity contribution in [3.8, 4) is 28.1 Å². The Morgan fingerprint density at radius 2 is 1.95 bits per heavy atom. The summed E-state index contributed by atoms with van der Waals surface area (Å²) in [4.78, 5) is 35.0. The van der Waals surface area contributed by atoms with E-state index in [9.17, 15) is 9.59 Å². The summed E-state index contributed by atoms with van der Waals surface area (Å²) in [7, 11) is 4.08. The maximum Gasteiger partial charge on any atom is 0.339 e. The van der Waals surface area contributed by atoms with Crippen LogP contribution in [0.1, 0.15) is 39.0 Å². The normalized spacial score (nSPS) is 11.2. The first-order valence-corrected chi connectivity index (χ1v) is 13.3. The Kier molecular flexibility index (Phi) is 9.01. The number of ether oxygens (including phenoxy) is 2. The van der Waals surface area contributed by atoms with E-state index in [1.165, 1.54) is 12.3 Å². The van der Waals surface area contributed by atoms with Crippen LogP contribution in [-0.4, -0.2) is 60.1 Å². The van der Waals surface area contributed by atoms with Gasteiger partial charge in [-0.15, -0.1) is 0 Å². The number of aryl methyl sites for hydroxylation is 1. The molecule has 0 aliphatic heterocycles. The van der Waals surface area contributed by atoms with Crippen LogP contribution in [0.15, 0.2) is 67.4 Å². The van der Waals surface area contributed by atoms with Crippen LogP contribution in [0.3, 0.4) is 0 Å². The third kappa shape index (κ3) is 6.76. The molecule has 4 aromatic rings. The number of carbonyl (C=O) groups excluding carboxylic acids is 2. The van der Waals surface area contributed by atoms with Crippen molar-refractivity contribution in [1.29, 1.82) is 0 Å². The molecule has 8 heteroatoms. The van der Waals surface area contributed by atoms with Gasteiger partial charge in [-0.05, 0) is 82.8 Å². The number of hydrogen-bond acceptors (Lipinski definition) is 6. The molecule has 0 aliphatic rings. The predicted molar refractivity (Wildman–Crippen MR) is 164 cm³/mol. The second kappa shape index (κ2) is 12.6. The monoisotopic (exact) mass is 544 g/mol. The summed E-state index contributed by atoms with van der Waals surface area (Å²) in [6.45, 7) is 10.7. The Balaban J connectivity index is 0.00000308. The number of H-pyrrole nitrogens is 1. The number of aromatic nitrogens is 2. The van der Waals surface area contributed by atoms with Gasteiger partial charge in [0.2, 0.25) is 5.91 Å². The number of aromatic amines is 1. The summed E-state index contributed by atoms with van der Waals surface area (Å²) in [5.41, 5.74) is 5.98. The van der Waals surface area contributed by atoms with Gasteiger partial charge in [0.05, 0.1) is 24.0 Å².